The van der Waals surface area contributed by atoms with Crippen molar-refractivity contribution < 1.29 is 24.0 Å². The topological polar surface area (TPSA) is 107 Å². The molecule has 0 aliphatic carbocycles. The number of carbonyl (C=O) groups is 3. The monoisotopic (exact) mass is 343 g/mol. The molecule has 3 aliphatic rings. The molecule has 10 nitrogen and oxygen atoms in total. The Morgan fingerprint density at radius 2 is 2.08 bits per heavy atom. The molecule has 0 N–H and O–H groups in total. The summed E-state index contributed by atoms with van der Waals surface area (Å²) in [6.07, 6.45) is 2.31. The maximum Gasteiger partial charge on any atom is 0.443 e. The summed E-state index contributed by atoms with van der Waals surface area (Å²) in [6, 6.07) is 1.56. The van der Waals surface area contributed by atoms with Gasteiger partial charge < -0.3 is 14.5 Å². The molecule has 2 fully saturated rings. The first-order valence-electron chi connectivity index (χ1n) is 7.97. The van der Waals surface area contributed by atoms with Crippen molar-refractivity contribution in [1.82, 2.24) is 24.7 Å². The predicted molar refractivity (Wildman–Crippen MR) is 80.6 cm³/mol. The summed E-state index contributed by atoms with van der Waals surface area (Å²) >= 11 is 0. The number of rotatable bonds is 1. The van der Waals surface area contributed by atoms with Crippen LogP contribution in [0.1, 0.15) is 16.9 Å². The van der Waals surface area contributed by atoms with Crippen LogP contribution < -0.4 is 9.57 Å². The van der Waals surface area contributed by atoms with E-state index in [0.29, 0.717) is 6.54 Å². The number of pyridine rings is 1. The Morgan fingerprint density at radius 1 is 1.20 bits per heavy atom. The van der Waals surface area contributed by atoms with Crippen molar-refractivity contribution in [2.24, 2.45) is 0 Å². The van der Waals surface area contributed by atoms with E-state index in [1.165, 1.54) is 12.3 Å². The van der Waals surface area contributed by atoms with Crippen molar-refractivity contribution in [3.63, 3.8) is 0 Å². The molecular weight excluding hydrogens is 330 g/mol. The summed E-state index contributed by atoms with van der Waals surface area (Å²) in [5.74, 6) is -2.59. The second kappa shape index (κ2) is 4.99. The van der Waals surface area contributed by atoms with Crippen LogP contribution in [0.25, 0.3) is 11.0 Å². The van der Waals surface area contributed by atoms with Gasteiger partial charge in [0, 0.05) is 44.5 Å². The van der Waals surface area contributed by atoms with E-state index in [9.17, 15) is 14.4 Å². The molecule has 0 spiro atoms. The zero-order valence-electron chi connectivity index (χ0n) is 13.0. The third-order valence-corrected chi connectivity index (χ3v) is 4.85. The van der Waals surface area contributed by atoms with E-state index in [0.717, 1.165) is 30.9 Å². The van der Waals surface area contributed by atoms with Crippen LogP contribution in [0.2, 0.25) is 0 Å². The minimum atomic E-state index is -1.22. The molecule has 2 aromatic rings. The minimum Gasteiger partial charge on any atom is -0.417 e. The molecule has 5 heterocycles. The Labute approximate surface area is 140 Å². The molecule has 2 aromatic heterocycles. The maximum atomic E-state index is 13.1. The number of hydrogen-bond donors (Lipinski definition) is 0. The number of nitrogens with zero attached hydrogens (tertiary/aromatic N) is 5. The smallest absolute Gasteiger partial charge is 0.417 e. The second-order valence-corrected chi connectivity index (χ2v) is 6.24. The van der Waals surface area contributed by atoms with Gasteiger partial charge in [-0.3, -0.25) is 9.69 Å². The summed E-state index contributed by atoms with van der Waals surface area (Å²) in [4.78, 5) is 50.3. The van der Waals surface area contributed by atoms with Crippen molar-refractivity contribution in [2.45, 2.75) is 12.5 Å². The lowest BCUT2D eigenvalue weighted by Gasteiger charge is -2.33. The lowest BCUT2D eigenvalue weighted by atomic mass is 10.1. The first kappa shape index (κ1) is 14.3. The Morgan fingerprint density at radius 3 is 2.96 bits per heavy atom. The summed E-state index contributed by atoms with van der Waals surface area (Å²) < 4.78 is 5.05. The third-order valence-electron chi connectivity index (χ3n) is 4.85. The van der Waals surface area contributed by atoms with Crippen LogP contribution in [0.3, 0.4) is 0 Å². The van der Waals surface area contributed by atoms with Crippen LogP contribution in [0.5, 0.6) is 5.75 Å². The van der Waals surface area contributed by atoms with Gasteiger partial charge in [-0.25, -0.2) is 14.6 Å². The molecule has 6 bridgehead atoms. The highest BCUT2D eigenvalue weighted by Crippen LogP contribution is 2.31. The fraction of sp³-hybridized carbons (Fsp3) is 0.400. The number of aromatic nitrogens is 3. The van der Waals surface area contributed by atoms with Gasteiger partial charge in [0.05, 0.1) is 5.39 Å². The molecule has 2 atom stereocenters. The average molecular weight is 343 g/mol. The van der Waals surface area contributed by atoms with Gasteiger partial charge in [-0.1, -0.05) is 4.85 Å². The summed E-state index contributed by atoms with van der Waals surface area (Å²) in [7, 11) is 0. The number of carbonyl (C=O) groups excluding carboxylic acids is 3. The van der Waals surface area contributed by atoms with E-state index in [-0.39, 0.29) is 34.4 Å². The standard InChI is InChI=1S/C15H13N5O5/c21-13(19-6-5-18-4-2-8(19)7-18)11-10-9-1-3-16-12(10)20(17-11)25-15(23)14(22)24-9/h1,3,8H,2,4-7H2. The first-order chi connectivity index (χ1) is 12.1. The van der Waals surface area contributed by atoms with Gasteiger partial charge in [-0.05, 0) is 6.42 Å². The van der Waals surface area contributed by atoms with E-state index < -0.39 is 11.9 Å². The highest BCUT2D eigenvalue weighted by Gasteiger charge is 2.38. The SMILES string of the molecule is O=C1Oc2ccnc3c2c(C(=O)N2CCN4CCC2C4)nn3OC1=O. The molecule has 3 aliphatic heterocycles. The molecule has 2 unspecified atom stereocenters. The maximum absolute atomic E-state index is 13.1. The van der Waals surface area contributed by atoms with Crippen molar-refractivity contribution in [1.29, 1.82) is 0 Å². The van der Waals surface area contributed by atoms with Crippen molar-refractivity contribution in [2.75, 3.05) is 26.2 Å². The highest BCUT2D eigenvalue weighted by molar-refractivity contribution is 6.31. The summed E-state index contributed by atoms with van der Waals surface area (Å²) in [5.41, 5.74) is 0.229. The molecule has 5 rings (SSSR count). The van der Waals surface area contributed by atoms with Crippen LogP contribution in [-0.4, -0.2) is 74.8 Å². The highest BCUT2D eigenvalue weighted by atomic mass is 16.7. The predicted octanol–water partition coefficient (Wildman–Crippen LogP) is -1.16. The summed E-state index contributed by atoms with van der Waals surface area (Å²) in [6.45, 7) is 3.24. The number of ether oxygens (including phenoxy) is 1. The average Bonchev–Trinajstić information content (AvgIpc) is 3.17. The number of amides is 1. The normalized spacial score (nSPS) is 24.9. The molecule has 128 valence electrons. The van der Waals surface area contributed by atoms with Crippen molar-refractivity contribution in [3.05, 3.63) is 18.0 Å². The van der Waals surface area contributed by atoms with E-state index in [1.807, 2.05) is 0 Å². The van der Waals surface area contributed by atoms with Crippen LogP contribution in [0, 0.1) is 0 Å². The van der Waals surface area contributed by atoms with Crippen LogP contribution in [-0.2, 0) is 9.59 Å². The number of piperazine rings is 1. The van der Waals surface area contributed by atoms with Crippen LogP contribution in [0.15, 0.2) is 12.3 Å². The van der Waals surface area contributed by atoms with Gasteiger partial charge in [-0.2, -0.15) is 0 Å². The fourth-order valence-electron chi connectivity index (χ4n) is 3.65. The molecular formula is C15H13N5O5. The van der Waals surface area contributed by atoms with E-state index >= 15 is 0 Å². The number of fused-ring (bicyclic) bond motifs is 2. The Hall–Kier alpha value is -3.01. The van der Waals surface area contributed by atoms with E-state index in [2.05, 4.69) is 15.0 Å². The number of esters is 1. The van der Waals surface area contributed by atoms with Gasteiger partial charge in [0.15, 0.2) is 5.69 Å². The Bertz CT molecular complexity index is 932. The van der Waals surface area contributed by atoms with Gasteiger partial charge in [0.1, 0.15) is 5.75 Å². The second-order valence-electron chi connectivity index (χ2n) is 6.24. The molecule has 0 aromatic carbocycles. The largest absolute Gasteiger partial charge is 0.443 e. The Balaban J connectivity index is 1.64. The molecule has 0 radical (unpaired) electrons. The molecule has 0 saturated carbocycles. The molecule has 2 saturated heterocycles. The Kier molecular flexibility index (Phi) is 2.86. The first-order valence-corrected chi connectivity index (χ1v) is 7.97. The zero-order valence-corrected chi connectivity index (χ0v) is 13.0. The quantitative estimate of drug-likeness (QED) is 0.471. The van der Waals surface area contributed by atoms with Gasteiger partial charge >= 0.3 is 11.9 Å². The molecule has 1 amide bonds. The molecule has 10 heteroatoms. The van der Waals surface area contributed by atoms with Crippen LogP contribution in [0.4, 0.5) is 0 Å². The minimum absolute atomic E-state index is 0.0703. The van der Waals surface area contributed by atoms with Crippen molar-refractivity contribution in [3.8, 4) is 5.75 Å². The summed E-state index contributed by atoms with van der Waals surface area (Å²) in [5, 5.41) is 4.37. The van der Waals surface area contributed by atoms with Crippen LogP contribution >= 0.6 is 0 Å². The lowest BCUT2D eigenvalue weighted by molar-refractivity contribution is -0.163. The zero-order chi connectivity index (χ0) is 17.1. The number of hydrogen-bond acceptors (Lipinski definition) is 8. The lowest BCUT2D eigenvalue weighted by Crippen LogP contribution is -2.49. The van der Waals surface area contributed by atoms with Gasteiger partial charge in [0.25, 0.3) is 5.91 Å². The third kappa shape index (κ3) is 2.03. The van der Waals surface area contributed by atoms with E-state index in [4.69, 9.17) is 9.57 Å². The van der Waals surface area contributed by atoms with Crippen molar-refractivity contribution >= 4 is 28.9 Å². The van der Waals surface area contributed by atoms with Gasteiger partial charge in [0.2, 0.25) is 5.65 Å². The molecule has 25 heavy (non-hydrogen) atoms. The van der Waals surface area contributed by atoms with Gasteiger partial charge in [-0.15, -0.1) is 5.10 Å². The fourth-order valence-corrected chi connectivity index (χ4v) is 3.65. The van der Waals surface area contributed by atoms with E-state index in [1.54, 1.807) is 4.90 Å².